The van der Waals surface area contributed by atoms with E-state index in [1.165, 1.54) is 23.4 Å². The molecule has 0 unspecified atom stereocenters. The molecular formula is C15H30N4. The first kappa shape index (κ1) is 16.2. The van der Waals surface area contributed by atoms with Crippen LogP contribution in [0.15, 0.2) is 0 Å². The van der Waals surface area contributed by atoms with E-state index >= 15 is 0 Å². The number of hydrogen-bond acceptors (Lipinski definition) is 3. The van der Waals surface area contributed by atoms with E-state index < -0.39 is 0 Å². The highest BCUT2D eigenvalue weighted by Crippen LogP contribution is 2.13. The van der Waals surface area contributed by atoms with Crippen LogP contribution >= 0.6 is 0 Å². The van der Waals surface area contributed by atoms with Crippen molar-refractivity contribution in [1.82, 2.24) is 20.4 Å². The molecule has 0 amide bonds. The van der Waals surface area contributed by atoms with Crippen LogP contribution in [0.4, 0.5) is 0 Å². The molecule has 0 saturated carbocycles. The summed E-state index contributed by atoms with van der Waals surface area (Å²) in [6.45, 7) is 14.0. The second-order valence-electron chi connectivity index (χ2n) is 6.30. The van der Waals surface area contributed by atoms with Crippen molar-refractivity contribution in [2.75, 3.05) is 19.6 Å². The first-order chi connectivity index (χ1) is 8.81. The summed E-state index contributed by atoms with van der Waals surface area (Å²) in [6, 6.07) is 0. The van der Waals surface area contributed by atoms with Gasteiger partial charge in [-0.25, -0.2) is 0 Å². The van der Waals surface area contributed by atoms with E-state index in [2.05, 4.69) is 50.4 Å². The molecule has 0 bridgehead atoms. The lowest BCUT2D eigenvalue weighted by molar-refractivity contribution is 0.421. The fraction of sp³-hybridized carbons (Fsp3) is 0.800. The maximum Gasteiger partial charge on any atom is 0.0628 e. The summed E-state index contributed by atoms with van der Waals surface area (Å²) < 4.78 is 1.98. The van der Waals surface area contributed by atoms with Gasteiger partial charge in [0.15, 0.2) is 0 Å². The number of nitrogens with one attached hydrogen (secondary N) is 2. The molecule has 110 valence electrons. The van der Waals surface area contributed by atoms with Gasteiger partial charge in [-0.1, -0.05) is 0 Å². The summed E-state index contributed by atoms with van der Waals surface area (Å²) in [5, 5.41) is 11.4. The van der Waals surface area contributed by atoms with E-state index in [1.807, 2.05) is 11.7 Å². The third-order valence-corrected chi connectivity index (χ3v) is 3.40. The standard InChI is InChI=1S/C15H30N4/c1-12-14(13(2)19(6)18-12)8-7-9-16-10-11-17-15(3,4)5/h16-17H,7-11H2,1-6H3. The number of aromatic nitrogens is 2. The minimum atomic E-state index is 0.214. The molecule has 1 aromatic heterocycles. The zero-order valence-corrected chi connectivity index (χ0v) is 13.4. The molecule has 2 N–H and O–H groups in total. The molecule has 1 aromatic rings. The Hall–Kier alpha value is -0.870. The first-order valence-electron chi connectivity index (χ1n) is 7.26. The van der Waals surface area contributed by atoms with Crippen molar-refractivity contribution in [2.24, 2.45) is 7.05 Å². The number of nitrogens with zero attached hydrogens (tertiary/aromatic N) is 2. The Kier molecular flexibility index (Phi) is 6.01. The van der Waals surface area contributed by atoms with Crippen LogP contribution in [-0.2, 0) is 13.5 Å². The van der Waals surface area contributed by atoms with Crippen LogP contribution in [0.2, 0.25) is 0 Å². The number of hydrogen-bond donors (Lipinski definition) is 2. The van der Waals surface area contributed by atoms with Crippen molar-refractivity contribution in [3.8, 4) is 0 Å². The summed E-state index contributed by atoms with van der Waals surface area (Å²) >= 11 is 0. The molecule has 0 atom stereocenters. The van der Waals surface area contributed by atoms with Gasteiger partial charge in [0.1, 0.15) is 0 Å². The summed E-state index contributed by atoms with van der Waals surface area (Å²) in [5.74, 6) is 0. The van der Waals surface area contributed by atoms with Gasteiger partial charge in [0.25, 0.3) is 0 Å². The van der Waals surface area contributed by atoms with Gasteiger partial charge in [-0.05, 0) is 59.6 Å². The number of rotatable bonds is 7. The van der Waals surface area contributed by atoms with Crippen LogP contribution in [0.3, 0.4) is 0 Å². The Morgan fingerprint density at radius 2 is 1.79 bits per heavy atom. The van der Waals surface area contributed by atoms with Crippen molar-refractivity contribution in [3.63, 3.8) is 0 Å². The molecule has 0 aromatic carbocycles. The molecule has 0 spiro atoms. The molecule has 4 nitrogen and oxygen atoms in total. The summed E-state index contributed by atoms with van der Waals surface area (Å²) in [7, 11) is 2.02. The van der Waals surface area contributed by atoms with Gasteiger partial charge in [-0.15, -0.1) is 0 Å². The zero-order chi connectivity index (χ0) is 14.5. The Bertz CT molecular complexity index is 388. The third-order valence-electron chi connectivity index (χ3n) is 3.40. The fourth-order valence-corrected chi connectivity index (χ4v) is 2.22. The molecular weight excluding hydrogens is 236 g/mol. The second kappa shape index (κ2) is 7.06. The predicted molar refractivity (Wildman–Crippen MR) is 81.6 cm³/mol. The van der Waals surface area contributed by atoms with Gasteiger partial charge in [0, 0.05) is 31.4 Å². The first-order valence-corrected chi connectivity index (χ1v) is 7.26. The zero-order valence-electron chi connectivity index (χ0n) is 13.4. The van der Waals surface area contributed by atoms with Gasteiger partial charge in [-0.3, -0.25) is 4.68 Å². The minimum absolute atomic E-state index is 0.214. The highest BCUT2D eigenvalue weighted by atomic mass is 15.3. The fourth-order valence-electron chi connectivity index (χ4n) is 2.22. The van der Waals surface area contributed by atoms with Crippen molar-refractivity contribution < 1.29 is 0 Å². The molecule has 1 heterocycles. The van der Waals surface area contributed by atoms with Crippen LogP contribution in [-0.4, -0.2) is 35.0 Å². The molecule has 0 aliphatic carbocycles. The molecule has 0 aliphatic rings. The molecule has 4 heteroatoms. The van der Waals surface area contributed by atoms with Crippen LogP contribution in [0, 0.1) is 13.8 Å². The molecule has 19 heavy (non-hydrogen) atoms. The summed E-state index contributed by atoms with van der Waals surface area (Å²) in [4.78, 5) is 0. The van der Waals surface area contributed by atoms with Crippen LogP contribution in [0.1, 0.15) is 44.1 Å². The SMILES string of the molecule is Cc1nn(C)c(C)c1CCCNCCNC(C)(C)C. The molecule has 0 fully saturated rings. The normalized spacial score (nSPS) is 12.1. The average Bonchev–Trinajstić information content (AvgIpc) is 2.52. The lowest BCUT2D eigenvalue weighted by atomic mass is 10.1. The highest BCUT2D eigenvalue weighted by molar-refractivity contribution is 5.24. The maximum absolute atomic E-state index is 4.45. The van der Waals surface area contributed by atoms with E-state index in [0.717, 1.165) is 26.1 Å². The highest BCUT2D eigenvalue weighted by Gasteiger charge is 2.09. The van der Waals surface area contributed by atoms with E-state index in [-0.39, 0.29) is 5.54 Å². The second-order valence-corrected chi connectivity index (χ2v) is 6.30. The predicted octanol–water partition coefficient (Wildman–Crippen LogP) is 1.95. The van der Waals surface area contributed by atoms with Crippen molar-refractivity contribution in [3.05, 3.63) is 17.0 Å². The van der Waals surface area contributed by atoms with Crippen molar-refractivity contribution in [1.29, 1.82) is 0 Å². The smallest absolute Gasteiger partial charge is 0.0628 e. The van der Waals surface area contributed by atoms with Gasteiger partial charge < -0.3 is 10.6 Å². The largest absolute Gasteiger partial charge is 0.315 e. The van der Waals surface area contributed by atoms with E-state index in [9.17, 15) is 0 Å². The monoisotopic (exact) mass is 266 g/mol. The average molecular weight is 266 g/mol. The van der Waals surface area contributed by atoms with Gasteiger partial charge >= 0.3 is 0 Å². The quantitative estimate of drug-likeness (QED) is 0.741. The molecule has 0 saturated heterocycles. The van der Waals surface area contributed by atoms with Gasteiger partial charge in [0.05, 0.1) is 5.69 Å². The number of aryl methyl sites for hydroxylation is 2. The Labute approximate surface area is 118 Å². The van der Waals surface area contributed by atoms with E-state index in [0.29, 0.717) is 0 Å². The molecule has 0 aliphatic heterocycles. The maximum atomic E-state index is 4.45. The van der Waals surface area contributed by atoms with Crippen LogP contribution < -0.4 is 10.6 Å². The van der Waals surface area contributed by atoms with E-state index in [1.54, 1.807) is 0 Å². The Morgan fingerprint density at radius 1 is 1.11 bits per heavy atom. The minimum Gasteiger partial charge on any atom is -0.315 e. The van der Waals surface area contributed by atoms with Crippen molar-refractivity contribution in [2.45, 2.75) is 53.0 Å². The van der Waals surface area contributed by atoms with E-state index in [4.69, 9.17) is 0 Å². The molecule has 0 radical (unpaired) electrons. The van der Waals surface area contributed by atoms with Crippen molar-refractivity contribution >= 4 is 0 Å². The Morgan fingerprint density at radius 3 is 2.32 bits per heavy atom. The lowest BCUT2D eigenvalue weighted by Crippen LogP contribution is -2.40. The van der Waals surface area contributed by atoms with Gasteiger partial charge in [0.2, 0.25) is 0 Å². The Balaban J connectivity index is 2.14. The summed E-state index contributed by atoms with van der Waals surface area (Å²) in [5.41, 5.74) is 4.10. The van der Waals surface area contributed by atoms with Gasteiger partial charge in [-0.2, -0.15) is 5.10 Å². The van der Waals surface area contributed by atoms with Crippen LogP contribution in [0.25, 0.3) is 0 Å². The lowest BCUT2D eigenvalue weighted by Gasteiger charge is -2.20. The molecule has 1 rings (SSSR count). The topological polar surface area (TPSA) is 41.9 Å². The van der Waals surface area contributed by atoms with Crippen LogP contribution in [0.5, 0.6) is 0 Å². The third kappa shape index (κ3) is 5.74. The summed E-state index contributed by atoms with van der Waals surface area (Å²) in [6.07, 6.45) is 2.29.